The molecule has 0 radical (unpaired) electrons. The number of benzene rings is 2. The summed E-state index contributed by atoms with van der Waals surface area (Å²) in [6.07, 6.45) is 1.95. The van der Waals surface area contributed by atoms with Gasteiger partial charge in [0.25, 0.3) is 5.91 Å². The Morgan fingerprint density at radius 3 is 2.27 bits per heavy atom. The van der Waals surface area contributed by atoms with Crippen LogP contribution in [0.5, 0.6) is 0 Å². The van der Waals surface area contributed by atoms with Crippen LogP contribution in [-0.2, 0) is 0 Å². The van der Waals surface area contributed by atoms with Gasteiger partial charge in [0.2, 0.25) is 0 Å². The summed E-state index contributed by atoms with van der Waals surface area (Å²) in [6.45, 7) is 1.73. The van der Waals surface area contributed by atoms with E-state index in [0.29, 0.717) is 0 Å². The maximum atomic E-state index is 13.6. The molecule has 116 valence electrons. The van der Waals surface area contributed by atoms with E-state index in [4.69, 9.17) is 0 Å². The van der Waals surface area contributed by atoms with E-state index in [1.807, 2.05) is 30.5 Å². The lowest BCUT2D eigenvalue weighted by Crippen LogP contribution is -2.27. The first-order valence-electron chi connectivity index (χ1n) is 6.52. The second-order valence-corrected chi connectivity index (χ2v) is 5.57. The molecule has 0 aliphatic rings. The summed E-state index contributed by atoms with van der Waals surface area (Å²) >= 11 is 1.59. The fourth-order valence-electron chi connectivity index (χ4n) is 1.95. The number of hydrogen-bond acceptors (Lipinski definition) is 2. The number of rotatable bonds is 4. The van der Waals surface area contributed by atoms with Crippen molar-refractivity contribution in [1.29, 1.82) is 0 Å². The molecule has 0 spiro atoms. The summed E-state index contributed by atoms with van der Waals surface area (Å²) in [6, 6.07) is 8.76. The minimum absolute atomic E-state index is 0.393. The van der Waals surface area contributed by atoms with Crippen LogP contribution in [0.2, 0.25) is 0 Å². The van der Waals surface area contributed by atoms with E-state index < -0.39 is 35.0 Å². The van der Waals surface area contributed by atoms with Crippen molar-refractivity contribution in [2.45, 2.75) is 17.9 Å². The van der Waals surface area contributed by atoms with Crippen molar-refractivity contribution < 1.29 is 18.0 Å². The summed E-state index contributed by atoms with van der Waals surface area (Å²) in [5, 5.41) is 2.56. The summed E-state index contributed by atoms with van der Waals surface area (Å²) < 4.78 is 39.6. The molecule has 0 saturated carbocycles. The van der Waals surface area contributed by atoms with E-state index in [-0.39, 0.29) is 0 Å². The maximum absolute atomic E-state index is 13.6. The van der Waals surface area contributed by atoms with Crippen LogP contribution in [0.1, 0.15) is 28.9 Å². The second-order valence-electron chi connectivity index (χ2n) is 4.69. The molecule has 1 amide bonds. The molecule has 1 N–H and O–H groups in total. The van der Waals surface area contributed by atoms with Gasteiger partial charge in [-0.15, -0.1) is 11.8 Å². The molecule has 1 atom stereocenters. The quantitative estimate of drug-likeness (QED) is 0.670. The first-order chi connectivity index (χ1) is 10.4. The van der Waals surface area contributed by atoms with Gasteiger partial charge < -0.3 is 5.32 Å². The van der Waals surface area contributed by atoms with Crippen molar-refractivity contribution in [3.63, 3.8) is 0 Å². The molecule has 2 aromatic carbocycles. The predicted octanol–water partition coefficient (Wildman–Crippen LogP) is 4.32. The van der Waals surface area contributed by atoms with E-state index in [1.54, 1.807) is 18.7 Å². The summed E-state index contributed by atoms with van der Waals surface area (Å²) in [4.78, 5) is 13.1. The Kier molecular flexibility index (Phi) is 5.13. The van der Waals surface area contributed by atoms with Gasteiger partial charge in [-0.25, -0.2) is 13.2 Å². The van der Waals surface area contributed by atoms with Crippen molar-refractivity contribution in [2.24, 2.45) is 0 Å². The Bertz CT molecular complexity index is 689. The highest BCUT2D eigenvalue weighted by Gasteiger charge is 2.20. The Labute approximate surface area is 130 Å². The summed E-state index contributed by atoms with van der Waals surface area (Å²) in [5.41, 5.74) is 0.306. The number of amides is 1. The lowest BCUT2D eigenvalue weighted by atomic mass is 10.1. The third-order valence-corrected chi connectivity index (χ3v) is 3.99. The largest absolute Gasteiger partial charge is 0.345 e. The van der Waals surface area contributed by atoms with E-state index in [0.717, 1.165) is 22.6 Å². The average molecular weight is 325 g/mol. The molecule has 0 unspecified atom stereocenters. The van der Waals surface area contributed by atoms with Crippen LogP contribution in [0.25, 0.3) is 0 Å². The lowest BCUT2D eigenvalue weighted by Gasteiger charge is -2.15. The molecule has 6 heteroatoms. The normalized spacial score (nSPS) is 12.0. The van der Waals surface area contributed by atoms with Crippen molar-refractivity contribution in [3.8, 4) is 0 Å². The molecule has 2 aromatic rings. The predicted molar refractivity (Wildman–Crippen MR) is 80.4 cm³/mol. The lowest BCUT2D eigenvalue weighted by molar-refractivity contribution is 0.0934. The van der Waals surface area contributed by atoms with Crippen LogP contribution < -0.4 is 5.32 Å². The zero-order valence-corrected chi connectivity index (χ0v) is 12.8. The summed E-state index contributed by atoms with van der Waals surface area (Å²) in [5.74, 6) is -5.25. The molecule has 0 aromatic heterocycles. The number of nitrogens with one attached hydrogen (secondary N) is 1. The van der Waals surface area contributed by atoms with E-state index in [1.165, 1.54) is 0 Å². The molecule has 0 aliphatic heterocycles. The molecular weight excluding hydrogens is 311 g/mol. The molecule has 0 saturated heterocycles. The highest BCUT2D eigenvalue weighted by Crippen LogP contribution is 2.20. The Morgan fingerprint density at radius 2 is 1.68 bits per heavy atom. The standard InChI is InChI=1S/C16H14F3NOS/c1-9(10-3-5-11(22-2)6-4-10)20-16(21)12-7-8-13(17)15(19)14(12)18/h3-9H,1-2H3,(H,20,21)/t9-/m0/s1. The van der Waals surface area contributed by atoms with Gasteiger partial charge in [0, 0.05) is 4.90 Å². The van der Waals surface area contributed by atoms with E-state index in [2.05, 4.69) is 5.32 Å². The van der Waals surface area contributed by atoms with Crippen LogP contribution in [0, 0.1) is 17.5 Å². The first kappa shape index (κ1) is 16.4. The van der Waals surface area contributed by atoms with Gasteiger partial charge in [-0.05, 0) is 43.0 Å². The molecule has 22 heavy (non-hydrogen) atoms. The highest BCUT2D eigenvalue weighted by molar-refractivity contribution is 7.98. The SMILES string of the molecule is CSc1ccc([C@H](C)NC(=O)c2ccc(F)c(F)c2F)cc1. The smallest absolute Gasteiger partial charge is 0.254 e. The third kappa shape index (κ3) is 3.44. The monoisotopic (exact) mass is 325 g/mol. The maximum Gasteiger partial charge on any atom is 0.254 e. The fourth-order valence-corrected chi connectivity index (χ4v) is 2.36. The molecule has 2 nitrogen and oxygen atoms in total. The van der Waals surface area contributed by atoms with Crippen LogP contribution in [-0.4, -0.2) is 12.2 Å². The summed E-state index contributed by atoms with van der Waals surface area (Å²) in [7, 11) is 0. The molecule has 0 bridgehead atoms. The van der Waals surface area contributed by atoms with Gasteiger partial charge in [-0.3, -0.25) is 4.79 Å². The number of halogens is 3. The zero-order valence-electron chi connectivity index (χ0n) is 12.0. The molecule has 2 rings (SSSR count). The molecular formula is C16H14F3NOS. The number of carbonyl (C=O) groups excluding carboxylic acids is 1. The van der Waals surface area contributed by atoms with Gasteiger partial charge >= 0.3 is 0 Å². The van der Waals surface area contributed by atoms with Crippen LogP contribution >= 0.6 is 11.8 Å². The Hall–Kier alpha value is -1.95. The Balaban J connectivity index is 2.15. The van der Waals surface area contributed by atoms with Crippen molar-refractivity contribution in [1.82, 2.24) is 5.32 Å². The molecule has 0 fully saturated rings. The fraction of sp³-hybridized carbons (Fsp3) is 0.188. The van der Waals surface area contributed by atoms with Gasteiger partial charge in [0.1, 0.15) is 0 Å². The average Bonchev–Trinajstić information content (AvgIpc) is 2.52. The van der Waals surface area contributed by atoms with Crippen molar-refractivity contribution >= 4 is 17.7 Å². The number of carbonyl (C=O) groups is 1. The van der Waals surface area contributed by atoms with Gasteiger partial charge in [0.15, 0.2) is 17.5 Å². The third-order valence-electron chi connectivity index (χ3n) is 3.24. The number of hydrogen-bond donors (Lipinski definition) is 1. The van der Waals surface area contributed by atoms with Gasteiger partial charge in [-0.2, -0.15) is 0 Å². The van der Waals surface area contributed by atoms with Crippen LogP contribution in [0.4, 0.5) is 13.2 Å². The van der Waals surface area contributed by atoms with E-state index >= 15 is 0 Å². The minimum atomic E-state index is -1.65. The molecule has 0 heterocycles. The van der Waals surface area contributed by atoms with Gasteiger partial charge in [0.05, 0.1) is 11.6 Å². The number of thioether (sulfide) groups is 1. The topological polar surface area (TPSA) is 29.1 Å². The molecule has 0 aliphatic carbocycles. The Morgan fingerprint density at radius 1 is 1.05 bits per heavy atom. The van der Waals surface area contributed by atoms with Crippen molar-refractivity contribution in [3.05, 3.63) is 65.0 Å². The zero-order chi connectivity index (χ0) is 16.3. The highest BCUT2D eigenvalue weighted by atomic mass is 32.2. The van der Waals surface area contributed by atoms with Crippen LogP contribution in [0.15, 0.2) is 41.3 Å². The van der Waals surface area contributed by atoms with Crippen molar-refractivity contribution in [2.75, 3.05) is 6.26 Å². The minimum Gasteiger partial charge on any atom is -0.345 e. The van der Waals surface area contributed by atoms with Gasteiger partial charge in [-0.1, -0.05) is 12.1 Å². The second kappa shape index (κ2) is 6.87. The van der Waals surface area contributed by atoms with E-state index in [9.17, 15) is 18.0 Å². The van der Waals surface area contributed by atoms with Crippen LogP contribution in [0.3, 0.4) is 0 Å². The first-order valence-corrected chi connectivity index (χ1v) is 7.74.